The van der Waals surface area contributed by atoms with Gasteiger partial charge in [0, 0.05) is 27.1 Å². The summed E-state index contributed by atoms with van der Waals surface area (Å²) in [5, 5.41) is 0. The van der Waals surface area contributed by atoms with Gasteiger partial charge in [-0.1, -0.05) is 12.1 Å². The molecule has 0 radical (unpaired) electrons. The van der Waals surface area contributed by atoms with Crippen molar-refractivity contribution in [3.05, 3.63) is 29.8 Å². The number of alkyl halides is 3. The minimum atomic E-state index is -4.51. The molecule has 0 atom stereocenters. The van der Waals surface area contributed by atoms with Crippen LogP contribution in [-0.4, -0.2) is 37.4 Å². The lowest BCUT2D eigenvalue weighted by Crippen LogP contribution is -2.29. The van der Waals surface area contributed by atoms with E-state index in [-0.39, 0.29) is 5.69 Å². The molecule has 0 bridgehead atoms. The van der Waals surface area contributed by atoms with E-state index in [1.807, 2.05) is 11.9 Å². The standard InChI is InChI=1S/C14H16F3N3O/c1-19-9-5-8-12(19)18-13(21)20(2)11-7-4-3-6-10(11)14(15,16)17/h3-4,6-7H,5,8-9H2,1-2H3/b18-12-. The fourth-order valence-corrected chi connectivity index (χ4v) is 2.23. The highest BCUT2D eigenvalue weighted by atomic mass is 19.4. The third-order valence-electron chi connectivity index (χ3n) is 3.42. The number of aliphatic imine (C=N–C) groups is 1. The average molecular weight is 299 g/mol. The van der Waals surface area contributed by atoms with Crippen LogP contribution in [0.5, 0.6) is 0 Å². The Balaban J connectivity index is 2.28. The number of amidine groups is 1. The third kappa shape index (κ3) is 3.34. The SMILES string of the molecule is CN1CCC/C1=N/C(=O)N(C)c1ccccc1C(F)(F)F. The highest BCUT2D eigenvalue weighted by molar-refractivity contribution is 6.01. The monoisotopic (exact) mass is 299 g/mol. The molecule has 1 aromatic rings. The first-order valence-electron chi connectivity index (χ1n) is 6.53. The summed E-state index contributed by atoms with van der Waals surface area (Å²) in [6.45, 7) is 0.801. The molecular weight excluding hydrogens is 283 g/mol. The Morgan fingerprint density at radius 3 is 2.57 bits per heavy atom. The second-order valence-electron chi connectivity index (χ2n) is 4.91. The summed E-state index contributed by atoms with van der Waals surface area (Å²) in [5.74, 6) is 0.608. The van der Waals surface area contributed by atoms with Crippen LogP contribution in [0.25, 0.3) is 0 Å². The Kier molecular flexibility index (Phi) is 4.20. The number of carbonyl (C=O) groups excluding carboxylic acids is 1. The lowest BCUT2D eigenvalue weighted by Gasteiger charge is -2.20. The Hall–Kier alpha value is -2.05. The fraction of sp³-hybridized carbons (Fsp3) is 0.429. The van der Waals surface area contributed by atoms with Gasteiger partial charge in [-0.05, 0) is 18.6 Å². The predicted octanol–water partition coefficient (Wildman–Crippen LogP) is 3.39. The van der Waals surface area contributed by atoms with E-state index >= 15 is 0 Å². The highest BCUT2D eigenvalue weighted by Gasteiger charge is 2.35. The number of hydrogen-bond acceptors (Lipinski definition) is 1. The lowest BCUT2D eigenvalue weighted by molar-refractivity contribution is -0.137. The van der Waals surface area contributed by atoms with Gasteiger partial charge in [-0.3, -0.25) is 4.90 Å². The molecule has 21 heavy (non-hydrogen) atoms. The maximum absolute atomic E-state index is 13.0. The molecule has 0 saturated carbocycles. The summed E-state index contributed by atoms with van der Waals surface area (Å²) in [7, 11) is 3.11. The number of benzene rings is 1. The maximum atomic E-state index is 13.0. The first kappa shape index (κ1) is 15.3. The molecule has 1 aromatic carbocycles. The van der Waals surface area contributed by atoms with Crippen molar-refractivity contribution in [3.63, 3.8) is 0 Å². The van der Waals surface area contributed by atoms with Crippen LogP contribution >= 0.6 is 0 Å². The van der Waals surface area contributed by atoms with Crippen LogP contribution in [0, 0.1) is 0 Å². The van der Waals surface area contributed by atoms with Gasteiger partial charge in [-0.25, -0.2) is 4.79 Å². The van der Waals surface area contributed by atoms with E-state index in [0.29, 0.717) is 12.3 Å². The Bertz CT molecular complexity index is 569. The van der Waals surface area contributed by atoms with Gasteiger partial charge in [0.2, 0.25) is 0 Å². The van der Waals surface area contributed by atoms with Crippen molar-refractivity contribution in [1.82, 2.24) is 4.90 Å². The Morgan fingerprint density at radius 1 is 1.33 bits per heavy atom. The number of carbonyl (C=O) groups is 1. The van der Waals surface area contributed by atoms with E-state index in [9.17, 15) is 18.0 Å². The van der Waals surface area contributed by atoms with Crippen molar-refractivity contribution in [2.24, 2.45) is 4.99 Å². The Morgan fingerprint density at radius 2 is 2.00 bits per heavy atom. The van der Waals surface area contributed by atoms with E-state index in [1.54, 1.807) is 0 Å². The minimum absolute atomic E-state index is 0.194. The maximum Gasteiger partial charge on any atom is 0.418 e. The van der Waals surface area contributed by atoms with E-state index < -0.39 is 17.8 Å². The molecule has 0 unspecified atom stereocenters. The van der Waals surface area contributed by atoms with Crippen molar-refractivity contribution in [1.29, 1.82) is 0 Å². The number of hydrogen-bond donors (Lipinski definition) is 0. The lowest BCUT2D eigenvalue weighted by atomic mass is 10.1. The molecule has 2 rings (SSSR count). The molecule has 114 valence electrons. The number of likely N-dealkylation sites (tertiary alicyclic amines) is 1. The van der Waals surface area contributed by atoms with Crippen molar-refractivity contribution >= 4 is 17.6 Å². The quantitative estimate of drug-likeness (QED) is 0.797. The predicted molar refractivity (Wildman–Crippen MR) is 74.5 cm³/mol. The zero-order valence-corrected chi connectivity index (χ0v) is 11.8. The summed E-state index contributed by atoms with van der Waals surface area (Å²) in [5.41, 5.74) is -1.04. The highest BCUT2D eigenvalue weighted by Crippen LogP contribution is 2.36. The van der Waals surface area contributed by atoms with Crippen LogP contribution in [0.15, 0.2) is 29.3 Å². The van der Waals surface area contributed by atoms with Crippen molar-refractivity contribution in [2.75, 3.05) is 25.5 Å². The number of anilines is 1. The van der Waals surface area contributed by atoms with Gasteiger partial charge in [0.25, 0.3) is 0 Å². The van der Waals surface area contributed by atoms with E-state index in [4.69, 9.17) is 0 Å². The van der Waals surface area contributed by atoms with Crippen molar-refractivity contribution < 1.29 is 18.0 Å². The van der Waals surface area contributed by atoms with Gasteiger partial charge in [0.1, 0.15) is 5.84 Å². The van der Waals surface area contributed by atoms with E-state index in [2.05, 4.69) is 4.99 Å². The normalized spacial score (nSPS) is 17.4. The van der Waals surface area contributed by atoms with E-state index in [1.165, 1.54) is 25.2 Å². The van der Waals surface area contributed by atoms with Gasteiger partial charge < -0.3 is 4.90 Å². The van der Waals surface area contributed by atoms with Gasteiger partial charge >= 0.3 is 12.2 Å². The number of para-hydroxylation sites is 1. The molecule has 2 amide bonds. The molecule has 4 nitrogen and oxygen atoms in total. The summed E-state index contributed by atoms with van der Waals surface area (Å²) >= 11 is 0. The Labute approximate surface area is 120 Å². The van der Waals surface area contributed by atoms with E-state index in [0.717, 1.165) is 23.9 Å². The van der Waals surface area contributed by atoms with Crippen LogP contribution in [0.1, 0.15) is 18.4 Å². The van der Waals surface area contributed by atoms with Crippen LogP contribution in [-0.2, 0) is 6.18 Å². The van der Waals surface area contributed by atoms with Crippen molar-refractivity contribution in [3.8, 4) is 0 Å². The molecule has 1 heterocycles. The first-order valence-corrected chi connectivity index (χ1v) is 6.53. The van der Waals surface area contributed by atoms with Gasteiger partial charge in [-0.2, -0.15) is 18.2 Å². The van der Waals surface area contributed by atoms with Crippen LogP contribution < -0.4 is 4.90 Å². The van der Waals surface area contributed by atoms with Gasteiger partial charge in [0.05, 0.1) is 11.3 Å². The number of urea groups is 1. The molecule has 1 aliphatic heterocycles. The second kappa shape index (κ2) is 5.75. The molecular formula is C14H16F3N3O. The molecule has 7 heteroatoms. The molecule has 0 N–H and O–H groups in total. The van der Waals surface area contributed by atoms with Crippen molar-refractivity contribution in [2.45, 2.75) is 19.0 Å². The number of nitrogens with zero attached hydrogens (tertiary/aromatic N) is 3. The molecule has 0 aromatic heterocycles. The van der Waals surface area contributed by atoms with Crippen LogP contribution in [0.3, 0.4) is 0 Å². The van der Waals surface area contributed by atoms with Gasteiger partial charge in [-0.15, -0.1) is 0 Å². The molecule has 0 aliphatic carbocycles. The number of halogens is 3. The smallest absolute Gasteiger partial charge is 0.363 e. The van der Waals surface area contributed by atoms with Crippen LogP contribution in [0.4, 0.5) is 23.7 Å². The number of amides is 2. The second-order valence-corrected chi connectivity index (χ2v) is 4.91. The zero-order chi connectivity index (χ0) is 15.6. The average Bonchev–Trinajstić information content (AvgIpc) is 2.82. The molecule has 1 fully saturated rings. The summed E-state index contributed by atoms with van der Waals surface area (Å²) in [4.78, 5) is 18.8. The summed E-state index contributed by atoms with van der Waals surface area (Å²) in [6.07, 6.45) is -2.95. The number of rotatable bonds is 1. The fourth-order valence-electron chi connectivity index (χ4n) is 2.23. The molecule has 1 saturated heterocycles. The summed E-state index contributed by atoms with van der Waals surface area (Å²) in [6, 6.07) is 4.27. The topological polar surface area (TPSA) is 35.9 Å². The molecule has 1 aliphatic rings. The third-order valence-corrected chi connectivity index (χ3v) is 3.42. The van der Waals surface area contributed by atoms with Gasteiger partial charge in [0.15, 0.2) is 0 Å². The van der Waals surface area contributed by atoms with Crippen LogP contribution in [0.2, 0.25) is 0 Å². The summed E-state index contributed by atoms with van der Waals surface area (Å²) < 4.78 is 38.9. The first-order chi connectivity index (χ1) is 9.80. The minimum Gasteiger partial charge on any atom is -0.363 e. The zero-order valence-electron chi connectivity index (χ0n) is 11.8. The largest absolute Gasteiger partial charge is 0.418 e. The molecule has 0 spiro atoms.